The molecule has 1 atom stereocenters. The first-order chi connectivity index (χ1) is 16.4. The van der Waals surface area contributed by atoms with Crippen LogP contribution in [-0.2, 0) is 9.59 Å². The van der Waals surface area contributed by atoms with Crippen LogP contribution >= 0.6 is 0 Å². The molecule has 2 aromatic rings. The summed E-state index contributed by atoms with van der Waals surface area (Å²) < 4.78 is 11.6. The molecular weight excluding hydrogens is 430 g/mol. The summed E-state index contributed by atoms with van der Waals surface area (Å²) in [6.07, 6.45) is 3.90. The van der Waals surface area contributed by atoms with Crippen LogP contribution in [0.2, 0.25) is 0 Å². The summed E-state index contributed by atoms with van der Waals surface area (Å²) in [6, 6.07) is 13.7. The molecule has 1 N–H and O–H groups in total. The highest BCUT2D eigenvalue weighted by Gasteiger charge is 2.45. The maximum Gasteiger partial charge on any atom is 0.295 e. The Morgan fingerprint density at radius 2 is 1.74 bits per heavy atom. The van der Waals surface area contributed by atoms with Gasteiger partial charge in [-0.2, -0.15) is 0 Å². The average Bonchev–Trinajstić information content (AvgIpc) is 3.07. The molecule has 6 nitrogen and oxygen atoms in total. The van der Waals surface area contributed by atoms with Crippen molar-refractivity contribution in [3.63, 3.8) is 0 Å². The number of hydrogen-bond donors (Lipinski definition) is 1. The van der Waals surface area contributed by atoms with E-state index in [1.807, 2.05) is 45.0 Å². The smallest absolute Gasteiger partial charge is 0.295 e. The van der Waals surface area contributed by atoms with Crippen LogP contribution in [0.5, 0.6) is 11.5 Å². The summed E-state index contributed by atoms with van der Waals surface area (Å²) in [7, 11) is 0. The van der Waals surface area contributed by atoms with Gasteiger partial charge in [-0.15, -0.1) is 0 Å². The molecule has 2 aromatic carbocycles. The number of unbranched alkanes of at least 4 members (excludes halogenated alkanes) is 2. The van der Waals surface area contributed by atoms with Crippen LogP contribution in [0.4, 0.5) is 0 Å². The zero-order valence-electron chi connectivity index (χ0n) is 20.5. The Balaban J connectivity index is 1.97. The van der Waals surface area contributed by atoms with Gasteiger partial charge in [0.1, 0.15) is 17.3 Å². The van der Waals surface area contributed by atoms with Gasteiger partial charge < -0.3 is 19.5 Å². The Bertz CT molecular complexity index is 1030. The minimum absolute atomic E-state index is 0.0139. The Labute approximate surface area is 202 Å². The number of hydrogen-bond acceptors (Lipinski definition) is 5. The molecule has 1 saturated heterocycles. The number of ether oxygens (including phenoxy) is 2. The highest BCUT2D eigenvalue weighted by atomic mass is 16.5. The van der Waals surface area contributed by atoms with Gasteiger partial charge in [0.15, 0.2) is 0 Å². The molecule has 0 spiro atoms. The van der Waals surface area contributed by atoms with Gasteiger partial charge in [-0.1, -0.05) is 38.8 Å². The van der Waals surface area contributed by atoms with Gasteiger partial charge in [0, 0.05) is 12.1 Å². The lowest BCUT2D eigenvalue weighted by molar-refractivity contribution is -0.139. The van der Waals surface area contributed by atoms with Crippen molar-refractivity contribution in [3.05, 3.63) is 65.2 Å². The zero-order chi connectivity index (χ0) is 24.7. The Morgan fingerprint density at radius 3 is 2.38 bits per heavy atom. The maximum atomic E-state index is 13.1. The number of nitrogens with zero attached hydrogens (tertiary/aromatic N) is 1. The van der Waals surface area contributed by atoms with Crippen molar-refractivity contribution in [2.45, 2.75) is 65.5 Å². The van der Waals surface area contributed by atoms with Gasteiger partial charge in [0.25, 0.3) is 11.7 Å². The van der Waals surface area contributed by atoms with Gasteiger partial charge in [-0.25, -0.2) is 0 Å². The number of benzene rings is 2. The van der Waals surface area contributed by atoms with Crippen LogP contribution < -0.4 is 9.47 Å². The highest BCUT2D eigenvalue weighted by Crippen LogP contribution is 2.40. The first-order valence-electron chi connectivity index (χ1n) is 12.2. The van der Waals surface area contributed by atoms with E-state index < -0.39 is 17.7 Å². The van der Waals surface area contributed by atoms with E-state index in [4.69, 9.17) is 9.47 Å². The molecular formula is C28H35NO5. The number of carbonyl (C=O) groups is 2. The molecule has 1 fully saturated rings. The standard InChI is InChI=1S/C28H35NO5/c1-5-7-8-17-33-22-14-12-20(13-15-22)26(30)24-25(29(16-6-2)28(32)27(24)31)21-10-9-11-23(18-21)34-19(3)4/h9-15,18-19,25,30H,5-8,16-17H2,1-4H3/b26-24-. The number of rotatable bonds is 11. The molecule has 182 valence electrons. The van der Waals surface area contributed by atoms with Crippen molar-refractivity contribution in [3.8, 4) is 11.5 Å². The van der Waals surface area contributed by atoms with Crippen LogP contribution in [0.3, 0.4) is 0 Å². The zero-order valence-corrected chi connectivity index (χ0v) is 20.5. The molecule has 0 bridgehead atoms. The van der Waals surface area contributed by atoms with Gasteiger partial charge in [0.2, 0.25) is 0 Å². The number of amides is 1. The van der Waals surface area contributed by atoms with Gasteiger partial charge >= 0.3 is 0 Å². The first-order valence-corrected chi connectivity index (χ1v) is 12.2. The quantitative estimate of drug-likeness (QED) is 0.194. The van der Waals surface area contributed by atoms with Crippen molar-refractivity contribution in [1.29, 1.82) is 0 Å². The van der Waals surface area contributed by atoms with E-state index in [0.717, 1.165) is 24.8 Å². The molecule has 34 heavy (non-hydrogen) atoms. The third-order valence-corrected chi connectivity index (χ3v) is 5.69. The lowest BCUT2D eigenvalue weighted by atomic mass is 9.95. The molecule has 0 radical (unpaired) electrons. The largest absolute Gasteiger partial charge is 0.507 e. The second-order valence-electron chi connectivity index (χ2n) is 8.81. The fourth-order valence-electron chi connectivity index (χ4n) is 4.13. The second kappa shape index (κ2) is 11.7. The molecule has 0 aliphatic carbocycles. The number of ketones is 1. The average molecular weight is 466 g/mol. The van der Waals surface area contributed by atoms with E-state index in [-0.39, 0.29) is 17.4 Å². The summed E-state index contributed by atoms with van der Waals surface area (Å²) in [5.41, 5.74) is 1.29. The Hall–Kier alpha value is -3.28. The fourth-order valence-corrected chi connectivity index (χ4v) is 4.13. The van der Waals surface area contributed by atoms with E-state index >= 15 is 0 Å². The van der Waals surface area contributed by atoms with Gasteiger partial charge in [0.05, 0.1) is 24.3 Å². The number of likely N-dealkylation sites (tertiary alicyclic amines) is 1. The van der Waals surface area contributed by atoms with Crippen LogP contribution in [-0.4, -0.2) is 41.0 Å². The molecule has 0 saturated carbocycles. The molecule has 6 heteroatoms. The SMILES string of the molecule is CCCCCOc1ccc(/C(O)=C2/C(=O)C(=O)N(CCC)C2c2cccc(OC(C)C)c2)cc1. The van der Waals surface area contributed by atoms with Crippen LogP contribution in [0, 0.1) is 0 Å². The van der Waals surface area contributed by atoms with Gasteiger partial charge in [-0.05, 0) is 68.7 Å². The summed E-state index contributed by atoms with van der Waals surface area (Å²) in [5.74, 6) is -0.103. The second-order valence-corrected chi connectivity index (χ2v) is 8.81. The summed E-state index contributed by atoms with van der Waals surface area (Å²) >= 11 is 0. The predicted molar refractivity (Wildman–Crippen MR) is 133 cm³/mol. The highest BCUT2D eigenvalue weighted by molar-refractivity contribution is 6.46. The van der Waals surface area contributed by atoms with Crippen molar-refractivity contribution in [1.82, 2.24) is 4.90 Å². The molecule has 1 aliphatic rings. The van der Waals surface area contributed by atoms with Crippen LogP contribution in [0.1, 0.15) is 70.5 Å². The minimum Gasteiger partial charge on any atom is -0.507 e. The number of Topliss-reactive ketones (excluding diaryl/α,β-unsaturated/α-hetero) is 1. The van der Waals surface area contributed by atoms with E-state index in [1.54, 1.807) is 24.3 Å². The summed E-state index contributed by atoms with van der Waals surface area (Å²) in [4.78, 5) is 27.5. The predicted octanol–water partition coefficient (Wildman–Crippen LogP) is 5.87. The lowest BCUT2D eigenvalue weighted by Gasteiger charge is -2.25. The third-order valence-electron chi connectivity index (χ3n) is 5.69. The fraction of sp³-hybridized carbons (Fsp3) is 0.429. The van der Waals surface area contributed by atoms with E-state index in [2.05, 4.69) is 6.92 Å². The van der Waals surface area contributed by atoms with Crippen molar-refractivity contribution < 1.29 is 24.2 Å². The van der Waals surface area contributed by atoms with Crippen LogP contribution in [0.15, 0.2) is 54.1 Å². The summed E-state index contributed by atoms with van der Waals surface area (Å²) in [5, 5.41) is 11.2. The van der Waals surface area contributed by atoms with Crippen molar-refractivity contribution in [2.75, 3.05) is 13.2 Å². The normalized spacial score (nSPS) is 17.4. The van der Waals surface area contributed by atoms with E-state index in [1.165, 1.54) is 4.90 Å². The minimum atomic E-state index is -0.680. The monoisotopic (exact) mass is 465 g/mol. The summed E-state index contributed by atoms with van der Waals surface area (Å²) in [6.45, 7) is 9.01. The van der Waals surface area contributed by atoms with Crippen LogP contribution in [0.25, 0.3) is 5.76 Å². The lowest BCUT2D eigenvalue weighted by Crippen LogP contribution is -2.30. The number of aliphatic hydroxyl groups is 1. The van der Waals surface area contributed by atoms with Crippen molar-refractivity contribution >= 4 is 17.4 Å². The van der Waals surface area contributed by atoms with Gasteiger partial charge in [-0.3, -0.25) is 9.59 Å². The molecule has 1 aliphatic heterocycles. The molecule has 3 rings (SSSR count). The molecule has 0 aromatic heterocycles. The topological polar surface area (TPSA) is 76.1 Å². The molecule has 1 heterocycles. The van der Waals surface area contributed by atoms with Crippen molar-refractivity contribution in [2.24, 2.45) is 0 Å². The Kier molecular flexibility index (Phi) is 8.74. The molecule has 1 unspecified atom stereocenters. The first kappa shape index (κ1) is 25.3. The number of aliphatic hydroxyl groups excluding tert-OH is 1. The Morgan fingerprint density at radius 1 is 1.00 bits per heavy atom. The third kappa shape index (κ3) is 5.79. The number of carbonyl (C=O) groups excluding carboxylic acids is 2. The molecule has 1 amide bonds. The van der Waals surface area contributed by atoms with E-state index in [9.17, 15) is 14.7 Å². The maximum absolute atomic E-state index is 13.1. The van der Waals surface area contributed by atoms with E-state index in [0.29, 0.717) is 36.6 Å².